The van der Waals surface area contributed by atoms with E-state index in [-0.39, 0.29) is 10.7 Å². The number of nitrogens with zero attached hydrogens (tertiary/aromatic N) is 5. The van der Waals surface area contributed by atoms with Crippen molar-refractivity contribution in [3.63, 3.8) is 0 Å². The summed E-state index contributed by atoms with van der Waals surface area (Å²) in [6.07, 6.45) is 0.661. The molecule has 0 saturated carbocycles. The second-order valence-electron chi connectivity index (χ2n) is 17.3. The minimum absolute atomic E-state index is 0.0987. The Morgan fingerprint density at radius 1 is 0.636 bits per heavy atom. The van der Waals surface area contributed by atoms with Crippen molar-refractivity contribution in [1.82, 2.24) is 40.2 Å². The highest BCUT2D eigenvalue weighted by molar-refractivity contribution is 7.90. The number of aryl methyl sites for hydroxylation is 6. The predicted molar refractivity (Wildman–Crippen MR) is 345 cm³/mol. The molecule has 0 aromatic carbocycles. The molecule has 0 bridgehead atoms. The second kappa shape index (κ2) is 36.8. The number of hydrogen-bond acceptors (Lipinski definition) is 27. The highest BCUT2D eigenvalue weighted by Gasteiger charge is 2.25. The molecule has 0 radical (unpaired) electrons. The molecule has 36 heteroatoms. The van der Waals surface area contributed by atoms with Gasteiger partial charge in [0.15, 0.2) is 17.4 Å². The summed E-state index contributed by atoms with van der Waals surface area (Å²) in [5, 5.41) is 36.3. The first-order chi connectivity index (χ1) is 41.6. The second-order valence-corrected chi connectivity index (χ2v) is 28.4. The van der Waals surface area contributed by atoms with Gasteiger partial charge in [-0.2, -0.15) is 13.6 Å². The number of tetrazole rings is 1. The fourth-order valence-electron chi connectivity index (χ4n) is 6.59. The molecule has 484 valence electrons. The largest absolute Gasteiger partial charge is 0.492 e. The summed E-state index contributed by atoms with van der Waals surface area (Å²) in [6.45, 7) is 29.0. The Morgan fingerprint density at radius 2 is 1.03 bits per heavy atom. The SMILES string of the molecule is CCOc1cc(C)sc1-c1nn[nH]n1.CCOc1cc(C)sc1-c1noc(=O)[nH]1.CCOc1cc(C)sc1/C(N)=N/O.CCOc1cc(C)sc1C(=O)NS(=O)(=O)C(C)C.CCOc1cc(C)sc1C(=O)NS(N)(=O)=O.CCOc1cc(C)sc1NC=O. The summed E-state index contributed by atoms with van der Waals surface area (Å²) in [5.41, 5.74) is 5.47. The summed E-state index contributed by atoms with van der Waals surface area (Å²) in [4.78, 5) is 56.1. The van der Waals surface area contributed by atoms with Crippen LogP contribution in [0, 0.1) is 41.5 Å². The minimum Gasteiger partial charge on any atom is -0.492 e. The van der Waals surface area contributed by atoms with Crippen LogP contribution in [0.5, 0.6) is 34.5 Å². The van der Waals surface area contributed by atoms with Gasteiger partial charge in [-0.15, -0.1) is 78.2 Å². The Morgan fingerprint density at radius 3 is 1.45 bits per heavy atom. The quantitative estimate of drug-likeness (QED) is 0.0103. The Kier molecular flexibility index (Phi) is 31.2. The molecular formula is C52H72N12O16S8. The number of ether oxygens (including phenoxy) is 6. The number of carbonyl (C=O) groups excluding carboxylic acids is 3. The highest BCUT2D eigenvalue weighted by Crippen LogP contribution is 2.38. The lowest BCUT2D eigenvalue weighted by atomic mass is 10.4. The topological polar surface area (TPSA) is 409 Å². The summed E-state index contributed by atoms with van der Waals surface area (Å²) >= 11 is 8.42. The average Bonchev–Trinajstić information content (AvgIpc) is 3.37. The van der Waals surface area contributed by atoms with Crippen molar-refractivity contribution in [2.24, 2.45) is 16.0 Å². The molecule has 3 amide bonds. The van der Waals surface area contributed by atoms with Gasteiger partial charge >= 0.3 is 5.76 Å². The standard InChI is InChI=1S/C11H17NO4S2.C9H10N2O3S.C8H10N4OS.C8H12N2O4S2.C8H12N2O2S.C8H11NO2S/c1-5-16-9-6-8(4)17-10(9)11(13)12-18(14,15)7(2)3;1-3-13-6-4-5(2)15-7(6)8-10-9(12)14-11-8;1-3-13-6-4-5(2)14-7(6)8-9-11-12-10-8;1-3-14-6-4-5(2)15-7(6)8(11)10-16(9,12)13;1-3-12-6-4-5(2)13-7(6)8(9)10-11;1-3-11-7-4-6(2)12-8(7)9-5-10/h6-7H,5H2,1-4H3,(H,12,13);4H,3H2,1-2H3,(H,10,11,12);4H,3H2,1-2H3,(H,9,10,11,12);4H,3H2,1-2H3,(H,10,11)(H2,9,12,13);4,11H,3H2,1-2H3,(H2,9,10);4-5H,3H2,1-2H3,(H,9,10). The number of rotatable bonds is 22. The minimum atomic E-state index is -4.04. The van der Waals surface area contributed by atoms with Gasteiger partial charge in [0.2, 0.25) is 22.3 Å². The summed E-state index contributed by atoms with van der Waals surface area (Å²) in [7, 11) is -7.66. The van der Waals surface area contributed by atoms with Crippen molar-refractivity contribution >= 4 is 117 Å². The van der Waals surface area contributed by atoms with Gasteiger partial charge in [0, 0.05) is 29.3 Å². The number of nitrogens with two attached hydrogens (primary N) is 2. The zero-order valence-electron chi connectivity index (χ0n) is 50.6. The van der Waals surface area contributed by atoms with E-state index in [1.165, 1.54) is 64.1 Å². The number of thiophene rings is 6. The zero-order valence-corrected chi connectivity index (χ0v) is 57.1. The van der Waals surface area contributed by atoms with Crippen LogP contribution >= 0.6 is 68.0 Å². The normalized spacial score (nSPS) is 10.9. The molecule has 0 unspecified atom stereocenters. The van der Waals surface area contributed by atoms with Crippen molar-refractivity contribution in [1.29, 1.82) is 0 Å². The van der Waals surface area contributed by atoms with Crippen LogP contribution in [0.2, 0.25) is 0 Å². The van der Waals surface area contributed by atoms with E-state index in [9.17, 15) is 36.0 Å². The molecule has 0 atom stereocenters. The van der Waals surface area contributed by atoms with E-state index in [2.05, 4.69) is 45.8 Å². The van der Waals surface area contributed by atoms with E-state index in [4.69, 9.17) is 44.5 Å². The monoisotopic (exact) mass is 1380 g/mol. The lowest BCUT2D eigenvalue weighted by molar-refractivity contribution is -0.105. The van der Waals surface area contributed by atoms with Crippen LogP contribution in [0.15, 0.2) is 50.9 Å². The van der Waals surface area contributed by atoms with Gasteiger partial charge in [0.25, 0.3) is 22.0 Å². The number of oxime groups is 1. The van der Waals surface area contributed by atoms with E-state index in [0.29, 0.717) is 84.7 Å². The Labute approximate surface area is 533 Å². The number of anilines is 1. The third-order valence-corrected chi connectivity index (χ3v) is 18.3. The smallest absolute Gasteiger partial charge is 0.439 e. The molecule has 8 aromatic rings. The number of amides is 3. The first kappa shape index (κ1) is 74.8. The van der Waals surface area contributed by atoms with Crippen LogP contribution in [0.3, 0.4) is 0 Å². The molecule has 0 saturated heterocycles. The van der Waals surface area contributed by atoms with Crippen LogP contribution in [0.1, 0.15) is 109 Å². The first-order valence-corrected chi connectivity index (χ1v) is 34.4. The summed E-state index contributed by atoms with van der Waals surface area (Å²) in [5.74, 6) is 2.93. The van der Waals surface area contributed by atoms with Gasteiger partial charge in [-0.1, -0.05) is 10.3 Å². The number of aromatic nitrogens is 6. The molecule has 8 aromatic heterocycles. The van der Waals surface area contributed by atoms with Gasteiger partial charge in [-0.05, 0) is 139 Å². The molecule has 0 aliphatic heterocycles. The lowest BCUT2D eigenvalue weighted by Crippen LogP contribution is -2.35. The van der Waals surface area contributed by atoms with Gasteiger partial charge < -0.3 is 44.7 Å². The number of amidine groups is 1. The summed E-state index contributed by atoms with van der Waals surface area (Å²) < 4.78 is 84.9. The van der Waals surface area contributed by atoms with Crippen molar-refractivity contribution < 1.29 is 69.4 Å². The molecule has 0 spiro atoms. The highest BCUT2D eigenvalue weighted by atomic mass is 32.2. The van der Waals surface area contributed by atoms with Gasteiger partial charge in [0.05, 0.1) is 44.9 Å². The molecule has 0 fully saturated rings. The average molecular weight is 1380 g/mol. The maximum atomic E-state index is 11.9. The third-order valence-electron chi connectivity index (χ3n) is 9.96. The fourth-order valence-corrected chi connectivity index (χ4v) is 12.8. The van der Waals surface area contributed by atoms with E-state index >= 15 is 0 Å². The third kappa shape index (κ3) is 24.3. The van der Waals surface area contributed by atoms with E-state index < -0.39 is 43.1 Å². The molecule has 0 aliphatic carbocycles. The first-order valence-electron chi connectivity index (χ1n) is 26.4. The van der Waals surface area contributed by atoms with Crippen LogP contribution < -0.4 is 59.8 Å². The van der Waals surface area contributed by atoms with E-state index in [1.807, 2.05) is 91.3 Å². The predicted octanol–water partition coefficient (Wildman–Crippen LogP) is 9.32. The van der Waals surface area contributed by atoms with Gasteiger partial charge in [-0.25, -0.2) is 27.8 Å². The van der Waals surface area contributed by atoms with E-state index in [0.717, 1.165) is 67.7 Å². The van der Waals surface area contributed by atoms with Gasteiger partial charge in [0.1, 0.15) is 58.1 Å². The Balaban J connectivity index is 0.000000277. The molecule has 8 heterocycles. The van der Waals surface area contributed by atoms with Crippen LogP contribution in [0.25, 0.3) is 21.4 Å². The van der Waals surface area contributed by atoms with Crippen LogP contribution in [0.4, 0.5) is 5.00 Å². The Hall–Kier alpha value is -7.45. The number of aromatic amines is 2. The number of H-pyrrole nitrogens is 2. The molecule has 28 nitrogen and oxygen atoms in total. The molecule has 88 heavy (non-hydrogen) atoms. The lowest BCUT2D eigenvalue weighted by Gasteiger charge is -2.09. The zero-order chi connectivity index (χ0) is 65.9. The maximum Gasteiger partial charge on any atom is 0.439 e. The Bertz CT molecular complexity index is 3780. The molecule has 0 aliphatic rings. The van der Waals surface area contributed by atoms with Crippen LogP contribution in [-0.2, 0) is 25.0 Å². The number of hydrogen-bond donors (Lipinski definition) is 8. The fraction of sp³-hybridized carbons (Fsp3) is 0.404. The van der Waals surface area contributed by atoms with Crippen molar-refractivity contribution in [3.8, 4) is 55.9 Å². The number of nitrogens with one attached hydrogen (secondary N) is 5. The van der Waals surface area contributed by atoms with E-state index in [1.54, 1.807) is 49.0 Å². The molecular weight excluding hydrogens is 1310 g/mol. The number of sulfonamides is 1. The van der Waals surface area contributed by atoms with Crippen LogP contribution in [-0.4, -0.2) is 122 Å². The molecule has 8 rings (SSSR count). The van der Waals surface area contributed by atoms with Crippen molar-refractivity contribution in [2.75, 3.05) is 45.0 Å². The van der Waals surface area contributed by atoms with Gasteiger partial charge in [-0.3, -0.25) is 23.9 Å². The summed E-state index contributed by atoms with van der Waals surface area (Å²) in [6, 6.07) is 11.1. The molecule has 10 N–H and O–H groups in total. The maximum absolute atomic E-state index is 11.9. The van der Waals surface area contributed by atoms with Crippen molar-refractivity contribution in [3.05, 3.63) is 90.8 Å². The van der Waals surface area contributed by atoms with Crippen molar-refractivity contribution in [2.45, 2.75) is 102 Å². The number of carbonyl (C=O) groups is 3.